The summed E-state index contributed by atoms with van der Waals surface area (Å²) >= 11 is 0. The minimum Gasteiger partial charge on any atom is -0.368 e. The summed E-state index contributed by atoms with van der Waals surface area (Å²) in [4.78, 5) is 20.1. The number of anilines is 2. The molecule has 0 fully saturated rings. The molecule has 0 saturated carbocycles. The van der Waals surface area contributed by atoms with Crippen molar-refractivity contribution in [2.45, 2.75) is 53.2 Å². The number of hydrogen-bond donors (Lipinski definition) is 1. The zero-order chi connectivity index (χ0) is 16.4. The van der Waals surface area contributed by atoms with Crippen LogP contribution in [0.25, 0.3) is 0 Å². The Morgan fingerprint density at radius 2 is 1.96 bits per heavy atom. The van der Waals surface area contributed by atoms with E-state index in [1.807, 2.05) is 12.3 Å². The summed E-state index contributed by atoms with van der Waals surface area (Å²) < 4.78 is 0. The van der Waals surface area contributed by atoms with E-state index in [4.69, 9.17) is 4.98 Å². The fraction of sp³-hybridized carbons (Fsp3) is 0.529. The van der Waals surface area contributed by atoms with Crippen LogP contribution in [0.4, 0.5) is 11.6 Å². The Morgan fingerprint density at radius 3 is 2.70 bits per heavy atom. The van der Waals surface area contributed by atoms with Gasteiger partial charge in [-0.05, 0) is 19.8 Å². The second-order valence-electron chi connectivity index (χ2n) is 6.77. The summed E-state index contributed by atoms with van der Waals surface area (Å²) in [7, 11) is 0. The molecule has 0 spiro atoms. The lowest BCUT2D eigenvalue weighted by Gasteiger charge is -2.17. The number of hydrogen-bond acceptors (Lipinski definition) is 6. The van der Waals surface area contributed by atoms with Gasteiger partial charge in [0.15, 0.2) is 0 Å². The van der Waals surface area contributed by atoms with E-state index < -0.39 is 0 Å². The molecule has 0 amide bonds. The highest BCUT2D eigenvalue weighted by atomic mass is 15.2. The zero-order valence-electron chi connectivity index (χ0n) is 14.2. The van der Waals surface area contributed by atoms with Crippen molar-refractivity contribution in [3.8, 4) is 0 Å². The third kappa shape index (κ3) is 3.75. The van der Waals surface area contributed by atoms with Crippen LogP contribution in [0.3, 0.4) is 0 Å². The summed E-state index contributed by atoms with van der Waals surface area (Å²) in [5, 5.41) is 3.31. The van der Waals surface area contributed by atoms with E-state index >= 15 is 0 Å². The Kier molecular flexibility index (Phi) is 4.41. The summed E-state index contributed by atoms with van der Waals surface area (Å²) in [6.45, 7) is 10.1. The quantitative estimate of drug-likeness (QED) is 0.915. The van der Waals surface area contributed by atoms with Crippen molar-refractivity contribution in [2.75, 3.05) is 10.2 Å². The van der Waals surface area contributed by atoms with Crippen LogP contribution in [-0.2, 0) is 19.5 Å². The van der Waals surface area contributed by atoms with Gasteiger partial charge in [-0.1, -0.05) is 13.8 Å². The van der Waals surface area contributed by atoms with Crippen molar-refractivity contribution < 1.29 is 0 Å². The molecule has 122 valence electrons. The van der Waals surface area contributed by atoms with Gasteiger partial charge in [0.2, 0.25) is 0 Å². The highest BCUT2D eigenvalue weighted by Crippen LogP contribution is 2.26. The smallest absolute Gasteiger partial charge is 0.134 e. The van der Waals surface area contributed by atoms with Gasteiger partial charge in [-0.15, -0.1) is 0 Å². The molecule has 2 aromatic heterocycles. The molecule has 0 atom stereocenters. The van der Waals surface area contributed by atoms with Gasteiger partial charge in [-0.3, -0.25) is 0 Å². The third-order valence-corrected chi connectivity index (χ3v) is 3.71. The summed E-state index contributed by atoms with van der Waals surface area (Å²) in [6.07, 6.45) is 4.50. The number of aromatic nitrogens is 4. The van der Waals surface area contributed by atoms with Gasteiger partial charge >= 0.3 is 0 Å². The van der Waals surface area contributed by atoms with Crippen molar-refractivity contribution >= 4 is 11.6 Å². The third-order valence-electron chi connectivity index (χ3n) is 3.71. The van der Waals surface area contributed by atoms with Crippen LogP contribution in [0, 0.1) is 5.92 Å². The molecule has 3 heterocycles. The van der Waals surface area contributed by atoms with Crippen molar-refractivity contribution in [1.82, 2.24) is 19.9 Å². The van der Waals surface area contributed by atoms with E-state index in [1.165, 1.54) is 5.56 Å². The summed E-state index contributed by atoms with van der Waals surface area (Å²) in [6, 6.07) is 2.34. The lowest BCUT2D eigenvalue weighted by atomic mass is 10.1. The second kappa shape index (κ2) is 6.48. The van der Waals surface area contributed by atoms with Gasteiger partial charge in [-0.2, -0.15) is 0 Å². The maximum absolute atomic E-state index is 4.73. The zero-order valence-corrected chi connectivity index (χ0v) is 14.2. The van der Waals surface area contributed by atoms with Crippen molar-refractivity contribution in [3.05, 3.63) is 35.7 Å². The molecule has 3 rings (SSSR count). The topological polar surface area (TPSA) is 66.8 Å². The van der Waals surface area contributed by atoms with E-state index in [1.54, 1.807) is 6.33 Å². The van der Waals surface area contributed by atoms with E-state index in [2.05, 4.69) is 52.9 Å². The van der Waals surface area contributed by atoms with Crippen LogP contribution in [0.2, 0.25) is 0 Å². The van der Waals surface area contributed by atoms with Crippen LogP contribution in [0.15, 0.2) is 18.6 Å². The van der Waals surface area contributed by atoms with E-state index in [-0.39, 0.29) is 0 Å². The Balaban J connectivity index is 1.76. The first-order chi connectivity index (χ1) is 11.0. The fourth-order valence-corrected chi connectivity index (χ4v) is 2.71. The molecule has 23 heavy (non-hydrogen) atoms. The number of nitrogens with zero attached hydrogens (tertiary/aromatic N) is 5. The molecule has 0 unspecified atom stereocenters. The number of fused-ring (bicyclic) bond motifs is 1. The summed E-state index contributed by atoms with van der Waals surface area (Å²) in [5.74, 6) is 3.28. The molecule has 2 aromatic rings. The lowest BCUT2D eigenvalue weighted by Crippen LogP contribution is -2.17. The molecule has 0 aromatic carbocycles. The largest absolute Gasteiger partial charge is 0.368 e. The molecule has 0 radical (unpaired) electrons. The highest BCUT2D eigenvalue weighted by molar-refractivity contribution is 5.51. The van der Waals surface area contributed by atoms with Crippen molar-refractivity contribution in [2.24, 2.45) is 5.92 Å². The molecule has 0 aliphatic carbocycles. The Hall–Kier alpha value is -2.24. The first-order valence-corrected chi connectivity index (χ1v) is 8.18. The predicted molar refractivity (Wildman–Crippen MR) is 91.3 cm³/mol. The highest BCUT2D eigenvalue weighted by Gasteiger charge is 2.23. The van der Waals surface area contributed by atoms with Gasteiger partial charge in [0.25, 0.3) is 0 Å². The molecule has 0 saturated heterocycles. The Bertz CT molecular complexity index is 683. The molecule has 1 N–H and O–H groups in total. The van der Waals surface area contributed by atoms with Crippen LogP contribution in [0.1, 0.15) is 44.8 Å². The normalized spacial score (nSPS) is 13.7. The molecular weight excluding hydrogens is 288 g/mol. The number of rotatable bonds is 5. The summed E-state index contributed by atoms with van der Waals surface area (Å²) in [5.41, 5.74) is 2.31. The minimum absolute atomic E-state index is 0.345. The van der Waals surface area contributed by atoms with Gasteiger partial charge in [0.05, 0.1) is 12.2 Å². The van der Waals surface area contributed by atoms with Crippen LogP contribution in [0.5, 0.6) is 0 Å². The maximum Gasteiger partial charge on any atom is 0.134 e. The molecule has 0 bridgehead atoms. The van der Waals surface area contributed by atoms with Crippen molar-refractivity contribution in [1.29, 1.82) is 0 Å². The first-order valence-electron chi connectivity index (χ1n) is 8.18. The van der Waals surface area contributed by atoms with E-state index in [0.29, 0.717) is 12.0 Å². The molecule has 6 heteroatoms. The predicted octanol–water partition coefficient (Wildman–Crippen LogP) is 2.81. The Morgan fingerprint density at radius 1 is 1.13 bits per heavy atom. The Labute approximate surface area is 137 Å². The average Bonchev–Trinajstić information content (AvgIpc) is 2.89. The average molecular weight is 312 g/mol. The van der Waals surface area contributed by atoms with Gasteiger partial charge in [0, 0.05) is 36.8 Å². The molecule has 6 nitrogen and oxygen atoms in total. The lowest BCUT2D eigenvalue weighted by molar-refractivity contribution is 0.617. The van der Waals surface area contributed by atoms with E-state index in [9.17, 15) is 0 Å². The SMILES string of the molecule is CC(C)Cc1ncc2c(n1)CN(c1cc(NC(C)C)ncn1)C2. The molecule has 1 aliphatic rings. The second-order valence-corrected chi connectivity index (χ2v) is 6.77. The van der Waals surface area contributed by atoms with E-state index in [0.717, 1.165) is 42.7 Å². The monoisotopic (exact) mass is 312 g/mol. The molecule has 1 aliphatic heterocycles. The molecular formula is C17H24N6. The maximum atomic E-state index is 4.73. The van der Waals surface area contributed by atoms with Gasteiger partial charge in [0.1, 0.15) is 23.8 Å². The van der Waals surface area contributed by atoms with Crippen LogP contribution < -0.4 is 10.2 Å². The first kappa shape index (κ1) is 15.6. The standard InChI is InChI=1S/C17H24N6/c1-11(2)5-15-18-7-13-8-23(9-14(13)22-15)17-6-16(19-10-20-17)21-12(3)4/h6-7,10-12H,5,8-9H2,1-4H3,(H,19,20,21). The van der Waals surface area contributed by atoms with Crippen LogP contribution >= 0.6 is 0 Å². The van der Waals surface area contributed by atoms with Gasteiger partial charge < -0.3 is 10.2 Å². The number of nitrogens with one attached hydrogen (secondary N) is 1. The minimum atomic E-state index is 0.345. The van der Waals surface area contributed by atoms with Gasteiger partial charge in [-0.25, -0.2) is 19.9 Å². The van der Waals surface area contributed by atoms with Crippen molar-refractivity contribution in [3.63, 3.8) is 0 Å². The van der Waals surface area contributed by atoms with Crippen LogP contribution in [-0.4, -0.2) is 26.0 Å². The fourth-order valence-electron chi connectivity index (χ4n) is 2.71.